The van der Waals surface area contributed by atoms with Gasteiger partial charge in [-0.25, -0.2) is 0 Å². The standard InChI is InChI=1S/4C6H12O6.CH4.3H3N/c4*7-1-3(9)5(11)6(12)4(10)2-8;;;;/h4*1,3-6,8-12H,2H2;1H4;3*1H3. The van der Waals surface area contributed by atoms with E-state index in [0.717, 1.165) is 0 Å². The van der Waals surface area contributed by atoms with Crippen molar-refractivity contribution in [2.24, 2.45) is 0 Å². The number of rotatable bonds is 20. The zero-order valence-corrected chi connectivity index (χ0v) is 27.1. The highest BCUT2D eigenvalue weighted by molar-refractivity contribution is 5.57. The van der Waals surface area contributed by atoms with Crippen molar-refractivity contribution in [1.29, 1.82) is 0 Å². The molecule has 0 bridgehead atoms. The fourth-order valence-corrected chi connectivity index (χ4v) is 2.47. The predicted molar refractivity (Wildman–Crippen MR) is 171 cm³/mol. The molecule has 320 valence electrons. The highest BCUT2D eigenvalue weighted by Gasteiger charge is 2.32. The van der Waals surface area contributed by atoms with Gasteiger partial charge in [0, 0.05) is 0 Å². The van der Waals surface area contributed by atoms with Crippen molar-refractivity contribution in [3.05, 3.63) is 0 Å². The molecule has 0 amide bonds. The third-order valence-corrected chi connectivity index (χ3v) is 5.68. The van der Waals surface area contributed by atoms with Gasteiger partial charge in [0.15, 0.2) is 25.1 Å². The molecule has 0 radical (unpaired) electrons. The van der Waals surface area contributed by atoms with Crippen LogP contribution < -0.4 is 18.5 Å². The Kier molecular flexibility index (Phi) is 50.2. The minimum atomic E-state index is -1.79. The number of aldehydes is 4. The maximum atomic E-state index is 9.90. The summed E-state index contributed by atoms with van der Waals surface area (Å²) in [4.78, 5) is 39.6. The minimum absolute atomic E-state index is 0. The molecule has 16 unspecified atom stereocenters. The van der Waals surface area contributed by atoms with Crippen LogP contribution in [0.3, 0.4) is 0 Å². The number of carbonyl (C=O) groups excluding carboxylic acids is 4. The maximum absolute atomic E-state index is 9.90. The monoisotopic (exact) mass is 787 g/mol. The molecule has 27 nitrogen and oxygen atoms in total. The fourth-order valence-electron chi connectivity index (χ4n) is 2.47. The Morgan fingerprint density at radius 2 is 0.404 bits per heavy atom. The van der Waals surface area contributed by atoms with Gasteiger partial charge in [-0.05, 0) is 0 Å². The summed E-state index contributed by atoms with van der Waals surface area (Å²) in [5.74, 6) is 0. The topological polar surface area (TPSA) is 578 Å². The lowest BCUT2D eigenvalue weighted by molar-refractivity contribution is -0.136. The second-order valence-electron chi connectivity index (χ2n) is 9.43. The molecule has 0 aliphatic rings. The minimum Gasteiger partial charge on any atom is -0.394 e. The van der Waals surface area contributed by atoms with Crippen LogP contribution in [-0.2, 0) is 19.2 Å². The number of carbonyl (C=O) groups is 4. The molecule has 0 aromatic heterocycles. The van der Waals surface area contributed by atoms with Crippen molar-refractivity contribution in [3.8, 4) is 0 Å². The highest BCUT2D eigenvalue weighted by Crippen LogP contribution is 2.05. The van der Waals surface area contributed by atoms with Gasteiger partial charge in [-0.2, -0.15) is 0 Å². The van der Waals surface area contributed by atoms with Crippen LogP contribution >= 0.6 is 0 Å². The Morgan fingerprint density at radius 1 is 0.288 bits per heavy atom. The van der Waals surface area contributed by atoms with Gasteiger partial charge >= 0.3 is 0 Å². The molecule has 0 aromatic rings. The van der Waals surface area contributed by atoms with E-state index in [-0.39, 0.29) is 51.0 Å². The molecule has 0 heterocycles. The van der Waals surface area contributed by atoms with Gasteiger partial charge in [0.2, 0.25) is 0 Å². The molecule has 0 rings (SSSR count). The van der Waals surface area contributed by atoms with Crippen molar-refractivity contribution >= 4 is 25.1 Å². The normalized spacial score (nSPS) is 19.5. The Bertz CT molecular complexity index is 698. The summed E-state index contributed by atoms with van der Waals surface area (Å²) >= 11 is 0. The average Bonchev–Trinajstić information content (AvgIpc) is 3.12. The lowest BCUT2D eigenvalue weighted by Crippen LogP contribution is -2.46. The van der Waals surface area contributed by atoms with Gasteiger partial charge in [-0.1, -0.05) is 7.43 Å². The summed E-state index contributed by atoms with van der Waals surface area (Å²) in [6.07, 6.45) is -27.4. The molecule has 16 atom stereocenters. The van der Waals surface area contributed by atoms with Crippen LogP contribution in [0.15, 0.2) is 0 Å². The number of aliphatic hydroxyl groups excluding tert-OH is 20. The first-order valence-electron chi connectivity index (χ1n) is 13.3. The van der Waals surface area contributed by atoms with Crippen molar-refractivity contribution in [3.63, 3.8) is 0 Å². The molecule has 0 saturated carbocycles. The zero-order chi connectivity index (χ0) is 38.9. The van der Waals surface area contributed by atoms with Gasteiger partial charge in [-0.3, -0.25) is 0 Å². The largest absolute Gasteiger partial charge is 0.394 e. The molecule has 27 heteroatoms. The fraction of sp³-hybridized carbons (Fsp3) is 0.840. The van der Waals surface area contributed by atoms with E-state index in [1.165, 1.54) is 0 Å². The van der Waals surface area contributed by atoms with Gasteiger partial charge < -0.3 is 140 Å². The molecule has 0 aromatic carbocycles. The zero-order valence-electron chi connectivity index (χ0n) is 27.1. The lowest BCUT2D eigenvalue weighted by Gasteiger charge is -2.22. The molecule has 52 heavy (non-hydrogen) atoms. The first-order valence-corrected chi connectivity index (χ1v) is 13.3. The van der Waals surface area contributed by atoms with Crippen LogP contribution in [0, 0.1) is 0 Å². The second kappa shape index (κ2) is 38.5. The molecular formula is C25H61N3O24. The first kappa shape index (κ1) is 67.8. The SMILES string of the molecule is C.N.N.N.O=CC(O)C(O)C(O)C(O)CO.O=CC(O)C(O)C(O)C(O)CO.O=CC(O)C(O)C(O)C(O)CO.O=CC(O)C(O)C(O)C(O)CO. The van der Waals surface area contributed by atoms with Crippen molar-refractivity contribution in [2.75, 3.05) is 26.4 Å². The number of aliphatic hydroxyl groups is 20. The second-order valence-corrected chi connectivity index (χ2v) is 9.43. The summed E-state index contributed by atoms with van der Waals surface area (Å²) < 4.78 is 0. The van der Waals surface area contributed by atoms with Gasteiger partial charge in [0.25, 0.3) is 0 Å². The van der Waals surface area contributed by atoms with Crippen LogP contribution in [0.2, 0.25) is 0 Å². The average molecular weight is 788 g/mol. The van der Waals surface area contributed by atoms with Crippen molar-refractivity contribution in [2.45, 2.75) is 105 Å². The third-order valence-electron chi connectivity index (χ3n) is 5.68. The van der Waals surface area contributed by atoms with Gasteiger partial charge in [0.1, 0.15) is 97.7 Å². The van der Waals surface area contributed by atoms with Crippen LogP contribution in [-0.4, -0.2) is 251 Å². The van der Waals surface area contributed by atoms with Gasteiger partial charge in [0.05, 0.1) is 26.4 Å². The third kappa shape index (κ3) is 27.4. The maximum Gasteiger partial charge on any atom is 0.151 e. The lowest BCUT2D eigenvalue weighted by atomic mass is 10.0. The Balaban J connectivity index is -0.0000000807. The first-order chi connectivity index (χ1) is 22.2. The summed E-state index contributed by atoms with van der Waals surface area (Å²) in [7, 11) is 0. The number of hydrogen-bond donors (Lipinski definition) is 23. The van der Waals surface area contributed by atoms with E-state index in [2.05, 4.69) is 0 Å². The van der Waals surface area contributed by atoms with Crippen molar-refractivity contribution in [1.82, 2.24) is 18.5 Å². The van der Waals surface area contributed by atoms with E-state index < -0.39 is 124 Å². The smallest absolute Gasteiger partial charge is 0.151 e. The van der Waals surface area contributed by atoms with E-state index >= 15 is 0 Å². The van der Waals surface area contributed by atoms with Crippen molar-refractivity contribution < 1.29 is 121 Å². The van der Waals surface area contributed by atoms with Crippen LogP contribution in [0.4, 0.5) is 0 Å². The molecular weight excluding hydrogens is 726 g/mol. The van der Waals surface area contributed by atoms with E-state index in [4.69, 9.17) is 102 Å². The summed E-state index contributed by atoms with van der Waals surface area (Å²) in [6, 6.07) is 0. The molecule has 0 fully saturated rings. The number of hydrogen-bond acceptors (Lipinski definition) is 27. The van der Waals surface area contributed by atoms with E-state index in [0.29, 0.717) is 0 Å². The molecule has 0 spiro atoms. The summed E-state index contributed by atoms with van der Waals surface area (Å²) in [5.41, 5.74) is 0. The van der Waals surface area contributed by atoms with Crippen LogP contribution in [0.1, 0.15) is 7.43 Å². The Morgan fingerprint density at radius 3 is 0.481 bits per heavy atom. The van der Waals surface area contributed by atoms with Crippen LogP contribution in [0.25, 0.3) is 0 Å². The van der Waals surface area contributed by atoms with E-state index in [1.54, 1.807) is 0 Å². The summed E-state index contributed by atoms with van der Waals surface area (Å²) in [6.45, 7) is -3.04. The Hall–Kier alpha value is -2.24. The van der Waals surface area contributed by atoms with E-state index in [1.807, 2.05) is 0 Å². The summed E-state index contributed by atoms with van der Waals surface area (Å²) in [5, 5.41) is 174. The molecule has 29 N–H and O–H groups in total. The Labute approximate surface area is 296 Å². The van der Waals surface area contributed by atoms with Gasteiger partial charge in [-0.15, -0.1) is 0 Å². The van der Waals surface area contributed by atoms with Crippen LogP contribution in [0.5, 0.6) is 0 Å². The molecule has 0 aliphatic carbocycles. The molecule has 0 aliphatic heterocycles. The van der Waals surface area contributed by atoms with E-state index in [9.17, 15) is 19.2 Å². The molecule has 0 saturated heterocycles. The highest BCUT2D eigenvalue weighted by atomic mass is 16.4. The predicted octanol–water partition coefficient (Wildman–Crippen LogP) is -12.4. The quantitative estimate of drug-likeness (QED) is 0.0509.